The molecule has 3 heterocycles. The zero-order valence-electron chi connectivity index (χ0n) is 14.6. The number of hydrogen-bond donors (Lipinski definition) is 1. The molecule has 1 amide bonds. The van der Waals surface area contributed by atoms with Gasteiger partial charge in [0.2, 0.25) is 0 Å². The van der Waals surface area contributed by atoms with Crippen LogP contribution in [0, 0.1) is 0 Å². The average molecular weight is 386 g/mol. The topological polar surface area (TPSA) is 92.9 Å². The summed E-state index contributed by atoms with van der Waals surface area (Å²) in [6.45, 7) is 0.352. The average Bonchev–Trinajstić information content (AvgIpc) is 3.37. The number of furan rings is 1. The van der Waals surface area contributed by atoms with Gasteiger partial charge in [0, 0.05) is 19.7 Å². The van der Waals surface area contributed by atoms with Crippen molar-refractivity contribution in [2.75, 3.05) is 13.7 Å². The summed E-state index contributed by atoms with van der Waals surface area (Å²) in [5.74, 6) is -0.564. The maximum Gasteiger partial charge on any atom is 0.305 e. The largest absolute Gasteiger partial charge is 0.481 e. The normalized spacial score (nSPS) is 19.7. The Bertz CT molecular complexity index is 962. The minimum absolute atomic E-state index is 0.114. The van der Waals surface area contributed by atoms with Crippen molar-refractivity contribution in [2.45, 2.75) is 25.0 Å². The molecule has 8 heteroatoms. The smallest absolute Gasteiger partial charge is 0.305 e. The molecule has 0 spiro atoms. The molecule has 2 unspecified atom stereocenters. The van der Waals surface area contributed by atoms with E-state index in [1.54, 1.807) is 19.2 Å². The van der Waals surface area contributed by atoms with Gasteiger partial charge >= 0.3 is 5.97 Å². The summed E-state index contributed by atoms with van der Waals surface area (Å²) in [6, 6.07) is 10.7. The van der Waals surface area contributed by atoms with Crippen LogP contribution in [0.4, 0.5) is 0 Å². The first-order valence-corrected chi connectivity index (χ1v) is 9.38. The predicted molar refractivity (Wildman–Crippen MR) is 99.8 cm³/mol. The van der Waals surface area contributed by atoms with Crippen LogP contribution in [0.1, 0.15) is 23.4 Å². The van der Waals surface area contributed by atoms with Gasteiger partial charge in [0.15, 0.2) is 16.5 Å². The number of likely N-dealkylation sites (tertiary alicyclic amines) is 1. The molecule has 0 saturated carbocycles. The van der Waals surface area contributed by atoms with Crippen molar-refractivity contribution in [1.82, 2.24) is 9.88 Å². The van der Waals surface area contributed by atoms with E-state index in [1.807, 2.05) is 24.3 Å². The molecule has 27 heavy (non-hydrogen) atoms. The summed E-state index contributed by atoms with van der Waals surface area (Å²) in [4.78, 5) is 30.1. The molecule has 2 aromatic heterocycles. The highest BCUT2D eigenvalue weighted by Crippen LogP contribution is 2.32. The number of ether oxygens (including phenoxy) is 1. The van der Waals surface area contributed by atoms with Crippen LogP contribution in [0.3, 0.4) is 0 Å². The van der Waals surface area contributed by atoms with Crippen LogP contribution < -0.4 is 0 Å². The zero-order valence-corrected chi connectivity index (χ0v) is 15.4. The second-order valence-corrected chi connectivity index (χ2v) is 7.48. The van der Waals surface area contributed by atoms with Crippen LogP contribution in [-0.4, -0.2) is 52.7 Å². The van der Waals surface area contributed by atoms with E-state index in [0.717, 1.165) is 10.2 Å². The Hall–Kier alpha value is -2.71. The van der Waals surface area contributed by atoms with E-state index in [9.17, 15) is 9.59 Å². The lowest BCUT2D eigenvalue weighted by atomic mass is 10.1. The fraction of sp³-hybridized carbons (Fsp3) is 0.316. The van der Waals surface area contributed by atoms with Crippen molar-refractivity contribution >= 4 is 33.4 Å². The molecule has 1 N–H and O–H groups in total. The first-order chi connectivity index (χ1) is 13.0. The number of hydrogen-bond acceptors (Lipinski definition) is 6. The Balaban J connectivity index is 1.58. The van der Waals surface area contributed by atoms with E-state index in [1.165, 1.54) is 16.2 Å². The Morgan fingerprint density at radius 2 is 2.15 bits per heavy atom. The third kappa shape index (κ3) is 3.45. The number of carbonyl (C=O) groups is 2. The van der Waals surface area contributed by atoms with Gasteiger partial charge in [-0.15, -0.1) is 11.3 Å². The second kappa shape index (κ2) is 7.13. The highest BCUT2D eigenvalue weighted by molar-refractivity contribution is 7.21. The lowest BCUT2D eigenvalue weighted by Crippen LogP contribution is -2.37. The van der Waals surface area contributed by atoms with E-state index >= 15 is 0 Å². The van der Waals surface area contributed by atoms with E-state index < -0.39 is 12.0 Å². The number of carbonyl (C=O) groups excluding carboxylic acids is 1. The number of carboxylic acid groups (broad SMARTS) is 1. The van der Waals surface area contributed by atoms with Crippen molar-refractivity contribution < 1.29 is 23.8 Å². The summed E-state index contributed by atoms with van der Waals surface area (Å²) in [5.41, 5.74) is 0.880. The number of carboxylic acids is 1. The number of benzene rings is 1. The summed E-state index contributed by atoms with van der Waals surface area (Å²) in [5, 5.41) is 9.82. The molecule has 1 aliphatic rings. The summed E-state index contributed by atoms with van der Waals surface area (Å²) in [6.07, 6.45) is 0.216. The van der Waals surface area contributed by atoms with Crippen LogP contribution in [0.5, 0.6) is 0 Å². The molecule has 3 aromatic rings. The van der Waals surface area contributed by atoms with E-state index in [0.29, 0.717) is 23.7 Å². The summed E-state index contributed by atoms with van der Waals surface area (Å²) in [7, 11) is 1.56. The van der Waals surface area contributed by atoms with Gasteiger partial charge in [-0.2, -0.15) is 0 Å². The van der Waals surface area contributed by atoms with Crippen molar-refractivity contribution in [2.24, 2.45) is 0 Å². The maximum absolute atomic E-state index is 12.9. The van der Waals surface area contributed by atoms with Crippen LogP contribution in [-0.2, 0) is 9.53 Å². The third-order valence-corrected chi connectivity index (χ3v) is 5.75. The molecule has 0 bridgehead atoms. The number of fused-ring (bicyclic) bond motifs is 1. The fourth-order valence-electron chi connectivity index (χ4n) is 3.38. The van der Waals surface area contributed by atoms with E-state index in [-0.39, 0.29) is 24.2 Å². The Morgan fingerprint density at radius 3 is 2.89 bits per heavy atom. The lowest BCUT2D eigenvalue weighted by Gasteiger charge is -2.21. The minimum atomic E-state index is -0.941. The van der Waals surface area contributed by atoms with Gasteiger partial charge in [0.1, 0.15) is 0 Å². The molecule has 1 aliphatic heterocycles. The number of amides is 1. The van der Waals surface area contributed by atoms with Gasteiger partial charge < -0.3 is 19.2 Å². The number of aliphatic carboxylic acids is 1. The van der Waals surface area contributed by atoms with E-state index in [4.69, 9.17) is 14.3 Å². The molecule has 4 rings (SSSR count). The van der Waals surface area contributed by atoms with Crippen molar-refractivity contribution in [3.63, 3.8) is 0 Å². The number of rotatable bonds is 5. The maximum atomic E-state index is 12.9. The fourth-order valence-corrected chi connectivity index (χ4v) is 4.30. The minimum Gasteiger partial charge on any atom is -0.481 e. The van der Waals surface area contributed by atoms with Crippen molar-refractivity contribution in [3.05, 3.63) is 42.2 Å². The predicted octanol–water partition coefficient (Wildman–Crippen LogP) is 3.26. The SMILES string of the molecule is COC1CC(CC(=O)O)N(C(=O)c2ccc(-c3nc4ccccc4s3)o2)C1. The van der Waals surface area contributed by atoms with Gasteiger partial charge in [-0.3, -0.25) is 9.59 Å². The molecular weight excluding hydrogens is 368 g/mol. The van der Waals surface area contributed by atoms with E-state index in [2.05, 4.69) is 4.98 Å². The summed E-state index contributed by atoms with van der Waals surface area (Å²) >= 11 is 1.49. The molecule has 2 atom stereocenters. The Morgan fingerprint density at radius 1 is 1.33 bits per heavy atom. The third-order valence-electron chi connectivity index (χ3n) is 4.70. The standard InChI is InChI=1S/C19H18N2O5S/c1-25-12-8-11(9-17(22)23)21(10-12)19(24)15-7-6-14(26-15)18-20-13-4-2-3-5-16(13)27-18/h2-7,11-12H,8-10H2,1H3,(H,22,23). The zero-order chi connectivity index (χ0) is 19.0. The highest BCUT2D eigenvalue weighted by Gasteiger charge is 2.38. The Labute approximate surface area is 159 Å². The molecule has 1 fully saturated rings. The van der Waals surface area contributed by atoms with Gasteiger partial charge in [-0.05, 0) is 30.7 Å². The molecule has 1 saturated heterocycles. The number of aromatic nitrogens is 1. The highest BCUT2D eigenvalue weighted by atomic mass is 32.1. The second-order valence-electron chi connectivity index (χ2n) is 6.45. The first-order valence-electron chi connectivity index (χ1n) is 8.56. The Kier molecular flexibility index (Phi) is 4.67. The molecule has 140 valence electrons. The summed E-state index contributed by atoms with van der Waals surface area (Å²) < 4.78 is 12.1. The number of nitrogens with zero attached hydrogens (tertiary/aromatic N) is 2. The van der Waals surface area contributed by atoms with Crippen molar-refractivity contribution in [3.8, 4) is 10.8 Å². The van der Waals surface area contributed by atoms with Crippen LogP contribution >= 0.6 is 11.3 Å². The molecule has 0 radical (unpaired) electrons. The van der Waals surface area contributed by atoms with Crippen molar-refractivity contribution in [1.29, 1.82) is 0 Å². The lowest BCUT2D eigenvalue weighted by molar-refractivity contribution is -0.138. The monoisotopic (exact) mass is 386 g/mol. The van der Waals surface area contributed by atoms with Crippen LogP contribution in [0.2, 0.25) is 0 Å². The first kappa shape index (κ1) is 17.7. The quantitative estimate of drug-likeness (QED) is 0.723. The number of methoxy groups -OCH3 is 1. The molecule has 0 aliphatic carbocycles. The number of thiazole rings is 1. The number of para-hydroxylation sites is 1. The molecular formula is C19H18N2O5S. The van der Waals surface area contributed by atoms with Crippen LogP contribution in [0.25, 0.3) is 21.0 Å². The van der Waals surface area contributed by atoms with Gasteiger partial charge in [0.05, 0.1) is 22.7 Å². The van der Waals surface area contributed by atoms with Crippen LogP contribution in [0.15, 0.2) is 40.8 Å². The molecule has 7 nitrogen and oxygen atoms in total. The van der Waals surface area contributed by atoms with Gasteiger partial charge in [-0.1, -0.05) is 12.1 Å². The van der Waals surface area contributed by atoms with Gasteiger partial charge in [-0.25, -0.2) is 4.98 Å². The van der Waals surface area contributed by atoms with Gasteiger partial charge in [0.25, 0.3) is 5.91 Å². The molecule has 1 aromatic carbocycles.